The molecule has 3 N–H and O–H groups in total. The number of aliphatic hydroxyl groups is 1. The second-order valence-corrected chi connectivity index (χ2v) is 3.49. The van der Waals surface area contributed by atoms with Crippen molar-refractivity contribution in [3.05, 3.63) is 48.3 Å². The Labute approximate surface area is 98.9 Å². The second kappa shape index (κ2) is 5.38. The highest BCUT2D eigenvalue weighted by Crippen LogP contribution is 2.21. The van der Waals surface area contributed by atoms with E-state index >= 15 is 0 Å². The number of benzene rings is 1. The number of ether oxygens (including phenoxy) is 1. The molecule has 1 aromatic carbocycles. The van der Waals surface area contributed by atoms with E-state index in [1.165, 1.54) is 0 Å². The lowest BCUT2D eigenvalue weighted by Gasteiger charge is -2.10. The molecule has 0 fully saturated rings. The van der Waals surface area contributed by atoms with Gasteiger partial charge in [-0.2, -0.15) is 0 Å². The van der Waals surface area contributed by atoms with Crippen molar-refractivity contribution in [3.63, 3.8) is 0 Å². The molecule has 0 aliphatic rings. The van der Waals surface area contributed by atoms with Crippen molar-refractivity contribution in [2.24, 2.45) is 5.73 Å². The highest BCUT2D eigenvalue weighted by molar-refractivity contribution is 5.32. The number of nitrogens with two attached hydrogens (primary N) is 1. The third-order valence-corrected chi connectivity index (χ3v) is 2.23. The van der Waals surface area contributed by atoms with E-state index in [9.17, 15) is 0 Å². The molecule has 2 rings (SSSR count). The summed E-state index contributed by atoms with van der Waals surface area (Å²) >= 11 is 0. The summed E-state index contributed by atoms with van der Waals surface area (Å²) in [5.74, 6) is 0.595. The summed E-state index contributed by atoms with van der Waals surface area (Å²) in [7, 11) is 0. The van der Waals surface area contributed by atoms with Crippen LogP contribution >= 0.6 is 0 Å². The van der Waals surface area contributed by atoms with Crippen LogP contribution in [0.3, 0.4) is 0 Å². The van der Waals surface area contributed by atoms with Gasteiger partial charge in [-0.15, -0.1) is 0 Å². The molecule has 5 nitrogen and oxygen atoms in total. The van der Waals surface area contributed by atoms with Crippen molar-refractivity contribution >= 4 is 0 Å². The molecule has 2 aromatic rings. The molecular formula is C12H13N3O2. The molecule has 1 atom stereocenters. The highest BCUT2D eigenvalue weighted by Gasteiger charge is 2.06. The fourth-order valence-electron chi connectivity index (χ4n) is 1.36. The molecule has 0 aliphatic carbocycles. The minimum atomic E-state index is -0.407. The maximum Gasteiger partial charge on any atom is 0.321 e. The van der Waals surface area contributed by atoms with Crippen molar-refractivity contribution < 1.29 is 9.84 Å². The number of aromatic nitrogens is 2. The molecule has 0 saturated heterocycles. The number of nitrogens with zero attached hydrogens (tertiary/aromatic N) is 2. The summed E-state index contributed by atoms with van der Waals surface area (Å²) in [6, 6.07) is 8.77. The Morgan fingerprint density at radius 3 is 2.71 bits per heavy atom. The summed E-state index contributed by atoms with van der Waals surface area (Å²) < 4.78 is 5.45. The fourth-order valence-corrected chi connectivity index (χ4v) is 1.36. The third-order valence-electron chi connectivity index (χ3n) is 2.23. The van der Waals surface area contributed by atoms with E-state index in [-0.39, 0.29) is 12.6 Å². The molecule has 5 heteroatoms. The molecule has 0 saturated carbocycles. The largest absolute Gasteiger partial charge is 0.424 e. The van der Waals surface area contributed by atoms with E-state index in [1.807, 2.05) is 12.1 Å². The van der Waals surface area contributed by atoms with Gasteiger partial charge < -0.3 is 15.6 Å². The molecule has 0 spiro atoms. The number of aliphatic hydroxyl groups excluding tert-OH is 1. The molecule has 1 heterocycles. The fraction of sp³-hybridized carbons (Fsp3) is 0.167. The van der Waals surface area contributed by atoms with Gasteiger partial charge in [0.05, 0.1) is 12.6 Å². The summed E-state index contributed by atoms with van der Waals surface area (Å²) in [5.41, 5.74) is 6.53. The van der Waals surface area contributed by atoms with E-state index in [0.29, 0.717) is 5.75 Å². The van der Waals surface area contributed by atoms with Crippen molar-refractivity contribution in [3.8, 4) is 11.8 Å². The van der Waals surface area contributed by atoms with Gasteiger partial charge >= 0.3 is 6.01 Å². The Kier molecular flexibility index (Phi) is 3.64. The van der Waals surface area contributed by atoms with Crippen LogP contribution in [0.1, 0.15) is 11.6 Å². The van der Waals surface area contributed by atoms with Crippen LogP contribution in [0.25, 0.3) is 0 Å². The lowest BCUT2D eigenvalue weighted by atomic mass is 10.1. The zero-order valence-electron chi connectivity index (χ0n) is 9.15. The van der Waals surface area contributed by atoms with Gasteiger partial charge in [-0.3, -0.25) is 0 Å². The van der Waals surface area contributed by atoms with Gasteiger partial charge in [-0.25, -0.2) is 9.97 Å². The number of rotatable bonds is 4. The van der Waals surface area contributed by atoms with E-state index < -0.39 is 6.04 Å². The van der Waals surface area contributed by atoms with E-state index in [2.05, 4.69) is 9.97 Å². The zero-order valence-corrected chi connectivity index (χ0v) is 9.15. The average molecular weight is 231 g/mol. The summed E-state index contributed by atoms with van der Waals surface area (Å²) in [6.07, 6.45) is 3.21. The van der Waals surface area contributed by atoms with Crippen molar-refractivity contribution in [2.45, 2.75) is 6.04 Å². The van der Waals surface area contributed by atoms with Crippen molar-refractivity contribution in [2.75, 3.05) is 6.61 Å². The topological polar surface area (TPSA) is 81.3 Å². The maximum atomic E-state index is 8.98. The standard InChI is InChI=1S/C12H13N3O2/c13-11(8-16)9-3-1-4-10(7-9)17-12-14-5-2-6-15-12/h1-7,11,16H,8,13H2/t11-/m0/s1. The van der Waals surface area contributed by atoms with Crippen LogP contribution in [0.15, 0.2) is 42.7 Å². The molecule has 88 valence electrons. The van der Waals surface area contributed by atoms with Crippen LogP contribution < -0.4 is 10.5 Å². The van der Waals surface area contributed by atoms with Crippen molar-refractivity contribution in [1.29, 1.82) is 0 Å². The Morgan fingerprint density at radius 2 is 2.00 bits per heavy atom. The van der Waals surface area contributed by atoms with E-state index in [1.54, 1.807) is 30.6 Å². The van der Waals surface area contributed by atoms with Crippen molar-refractivity contribution in [1.82, 2.24) is 9.97 Å². The van der Waals surface area contributed by atoms with Gasteiger partial charge in [0.15, 0.2) is 0 Å². The normalized spacial score (nSPS) is 12.1. The predicted octanol–water partition coefficient (Wildman–Crippen LogP) is 1.26. The summed E-state index contributed by atoms with van der Waals surface area (Å²) in [6.45, 7) is -0.106. The van der Waals surface area contributed by atoms with Gasteiger partial charge in [0.2, 0.25) is 0 Å². The van der Waals surface area contributed by atoms with Crippen LogP contribution in [-0.4, -0.2) is 21.7 Å². The Hall–Kier alpha value is -1.98. The molecule has 0 aliphatic heterocycles. The Morgan fingerprint density at radius 1 is 1.24 bits per heavy atom. The molecule has 0 unspecified atom stereocenters. The highest BCUT2D eigenvalue weighted by atomic mass is 16.5. The first-order valence-electron chi connectivity index (χ1n) is 5.21. The van der Waals surface area contributed by atoms with Crippen LogP contribution in [0, 0.1) is 0 Å². The van der Waals surface area contributed by atoms with Gasteiger partial charge in [-0.1, -0.05) is 12.1 Å². The van der Waals surface area contributed by atoms with Gasteiger partial charge in [-0.05, 0) is 23.8 Å². The first kappa shape index (κ1) is 11.5. The first-order chi connectivity index (χ1) is 8.29. The molecule has 0 radical (unpaired) electrons. The Bertz CT molecular complexity index is 476. The third kappa shape index (κ3) is 2.99. The first-order valence-corrected chi connectivity index (χ1v) is 5.21. The number of hydrogen-bond acceptors (Lipinski definition) is 5. The minimum Gasteiger partial charge on any atom is -0.424 e. The SMILES string of the molecule is N[C@@H](CO)c1cccc(Oc2ncccn2)c1. The molecular weight excluding hydrogens is 218 g/mol. The average Bonchev–Trinajstić information content (AvgIpc) is 2.39. The van der Waals surface area contributed by atoms with E-state index in [4.69, 9.17) is 15.6 Å². The predicted molar refractivity (Wildman–Crippen MR) is 62.6 cm³/mol. The smallest absolute Gasteiger partial charge is 0.321 e. The quantitative estimate of drug-likeness (QED) is 0.827. The van der Waals surface area contributed by atoms with Crippen LogP contribution in [0.4, 0.5) is 0 Å². The van der Waals surface area contributed by atoms with E-state index in [0.717, 1.165) is 5.56 Å². The molecule has 1 aromatic heterocycles. The van der Waals surface area contributed by atoms with Gasteiger partial charge in [0.1, 0.15) is 5.75 Å². The lowest BCUT2D eigenvalue weighted by Crippen LogP contribution is -2.14. The van der Waals surface area contributed by atoms with Gasteiger partial charge in [0.25, 0.3) is 0 Å². The second-order valence-electron chi connectivity index (χ2n) is 3.49. The van der Waals surface area contributed by atoms with Crippen LogP contribution in [0.5, 0.6) is 11.8 Å². The zero-order chi connectivity index (χ0) is 12.1. The van der Waals surface area contributed by atoms with Crippen LogP contribution in [0.2, 0.25) is 0 Å². The maximum absolute atomic E-state index is 8.98. The summed E-state index contributed by atoms with van der Waals surface area (Å²) in [4.78, 5) is 7.91. The molecule has 0 bridgehead atoms. The lowest BCUT2D eigenvalue weighted by molar-refractivity contribution is 0.268. The monoisotopic (exact) mass is 231 g/mol. The minimum absolute atomic E-state index is 0.106. The molecule has 0 amide bonds. The van der Waals surface area contributed by atoms with Gasteiger partial charge in [0, 0.05) is 12.4 Å². The number of hydrogen-bond donors (Lipinski definition) is 2. The van der Waals surface area contributed by atoms with Crippen LogP contribution in [-0.2, 0) is 0 Å². The summed E-state index contributed by atoms with van der Waals surface area (Å²) in [5, 5.41) is 8.98. The molecule has 17 heavy (non-hydrogen) atoms. The Balaban J connectivity index is 2.17.